The van der Waals surface area contributed by atoms with E-state index in [1.807, 2.05) is 48.0 Å². The molecule has 4 heterocycles. The number of ether oxygens (including phenoxy) is 1. The SMILES string of the molecule is COc1cc(-c2nn(-c3ccnc(N)c3)c3ncnc(N)c23)ccc1NC(=O)c1cc2ccccc2n1C. The predicted molar refractivity (Wildman–Crippen MR) is 146 cm³/mol. The molecule has 2 aromatic carbocycles. The molecule has 11 nitrogen and oxygen atoms in total. The van der Waals surface area contributed by atoms with Crippen molar-refractivity contribution in [1.29, 1.82) is 0 Å². The monoisotopic (exact) mass is 505 g/mol. The average Bonchev–Trinajstić information content (AvgIpc) is 3.48. The standard InChI is InChI=1S/C27H23N9O2/c1-35-19-6-4-3-5-15(19)11-20(35)27(37)33-18-8-7-16(12-21(18)38-2)24-23-25(29)31-14-32-26(23)36(34-24)17-9-10-30-22(28)13-17/h3-14H,1-2H3,(H2,28,30)(H,33,37)(H2,29,31,32). The van der Waals surface area contributed by atoms with Crippen molar-refractivity contribution >= 4 is 45.2 Å². The Morgan fingerprint density at radius 3 is 2.63 bits per heavy atom. The van der Waals surface area contributed by atoms with Gasteiger partial charge in [-0.05, 0) is 30.3 Å². The van der Waals surface area contributed by atoms with Crippen molar-refractivity contribution in [2.24, 2.45) is 7.05 Å². The van der Waals surface area contributed by atoms with Gasteiger partial charge < -0.3 is 26.1 Å². The minimum atomic E-state index is -0.252. The Morgan fingerprint density at radius 1 is 1.00 bits per heavy atom. The van der Waals surface area contributed by atoms with E-state index in [1.54, 1.807) is 42.3 Å². The topological polar surface area (TPSA) is 152 Å². The van der Waals surface area contributed by atoms with Crippen molar-refractivity contribution in [3.05, 3.63) is 78.9 Å². The van der Waals surface area contributed by atoms with Gasteiger partial charge in [-0.3, -0.25) is 4.79 Å². The van der Waals surface area contributed by atoms with Gasteiger partial charge in [0.15, 0.2) is 5.65 Å². The molecule has 4 aromatic heterocycles. The molecule has 0 saturated carbocycles. The van der Waals surface area contributed by atoms with Crippen LogP contribution < -0.4 is 21.5 Å². The zero-order valence-electron chi connectivity index (χ0n) is 20.6. The Hall–Kier alpha value is -5.45. The van der Waals surface area contributed by atoms with E-state index >= 15 is 0 Å². The maximum Gasteiger partial charge on any atom is 0.272 e. The van der Waals surface area contributed by atoms with Crippen LogP contribution in [0, 0.1) is 0 Å². The molecule has 0 aliphatic carbocycles. The molecule has 188 valence electrons. The summed E-state index contributed by atoms with van der Waals surface area (Å²) in [5.41, 5.74) is 16.6. The van der Waals surface area contributed by atoms with Crippen LogP contribution in [0.3, 0.4) is 0 Å². The van der Waals surface area contributed by atoms with Gasteiger partial charge >= 0.3 is 0 Å². The van der Waals surface area contributed by atoms with Crippen LogP contribution in [0.2, 0.25) is 0 Å². The molecule has 0 saturated heterocycles. The summed E-state index contributed by atoms with van der Waals surface area (Å²) in [6.07, 6.45) is 2.98. The van der Waals surface area contributed by atoms with Crippen molar-refractivity contribution in [3.8, 4) is 22.7 Å². The number of methoxy groups -OCH3 is 1. The Balaban J connectivity index is 1.41. The largest absolute Gasteiger partial charge is 0.495 e. The number of carbonyl (C=O) groups is 1. The number of para-hydroxylation sites is 1. The summed E-state index contributed by atoms with van der Waals surface area (Å²) >= 11 is 0. The first kappa shape index (κ1) is 23.0. The summed E-state index contributed by atoms with van der Waals surface area (Å²) in [6.45, 7) is 0. The van der Waals surface area contributed by atoms with E-state index in [0.717, 1.165) is 10.9 Å². The quantitative estimate of drug-likeness (QED) is 0.320. The summed E-state index contributed by atoms with van der Waals surface area (Å²) in [5, 5.41) is 9.32. The van der Waals surface area contributed by atoms with E-state index in [2.05, 4.69) is 20.3 Å². The van der Waals surface area contributed by atoms with Gasteiger partial charge in [0.1, 0.15) is 35.1 Å². The molecule has 6 aromatic rings. The average molecular weight is 506 g/mol. The molecule has 5 N–H and O–H groups in total. The molecule has 38 heavy (non-hydrogen) atoms. The smallest absolute Gasteiger partial charge is 0.272 e. The van der Waals surface area contributed by atoms with Crippen molar-refractivity contribution in [2.45, 2.75) is 0 Å². The van der Waals surface area contributed by atoms with Crippen molar-refractivity contribution < 1.29 is 9.53 Å². The number of pyridine rings is 1. The zero-order chi connectivity index (χ0) is 26.4. The number of nitrogens with zero attached hydrogens (tertiary/aromatic N) is 6. The fourth-order valence-electron chi connectivity index (χ4n) is 4.56. The molecular weight excluding hydrogens is 482 g/mol. The van der Waals surface area contributed by atoms with Gasteiger partial charge in [0, 0.05) is 35.8 Å². The number of nitrogens with one attached hydrogen (secondary N) is 1. The minimum Gasteiger partial charge on any atom is -0.495 e. The van der Waals surface area contributed by atoms with Gasteiger partial charge in [-0.2, -0.15) is 5.10 Å². The molecule has 1 amide bonds. The number of hydrogen-bond donors (Lipinski definition) is 3. The normalized spacial score (nSPS) is 11.2. The molecule has 0 radical (unpaired) electrons. The molecule has 6 rings (SSSR count). The fraction of sp³-hybridized carbons (Fsp3) is 0.0741. The Kier molecular flexibility index (Phi) is 5.38. The highest BCUT2D eigenvalue weighted by Crippen LogP contribution is 2.36. The second-order valence-corrected chi connectivity index (χ2v) is 8.67. The summed E-state index contributed by atoms with van der Waals surface area (Å²) in [7, 11) is 3.40. The van der Waals surface area contributed by atoms with Crippen molar-refractivity contribution in [1.82, 2.24) is 29.3 Å². The third-order valence-electron chi connectivity index (χ3n) is 6.41. The molecule has 0 spiro atoms. The lowest BCUT2D eigenvalue weighted by Gasteiger charge is -2.12. The third-order valence-corrected chi connectivity index (χ3v) is 6.41. The highest BCUT2D eigenvalue weighted by atomic mass is 16.5. The van der Waals surface area contributed by atoms with Gasteiger partial charge in [0.25, 0.3) is 5.91 Å². The van der Waals surface area contributed by atoms with Crippen LogP contribution in [0.5, 0.6) is 5.75 Å². The number of nitrogen functional groups attached to an aromatic ring is 2. The Morgan fingerprint density at radius 2 is 1.84 bits per heavy atom. The number of rotatable bonds is 5. The summed E-state index contributed by atoms with van der Waals surface area (Å²) in [4.78, 5) is 25.8. The first-order valence-corrected chi connectivity index (χ1v) is 11.7. The lowest BCUT2D eigenvalue weighted by atomic mass is 10.1. The lowest BCUT2D eigenvalue weighted by molar-refractivity contribution is 0.101. The van der Waals surface area contributed by atoms with Crippen LogP contribution in [0.25, 0.3) is 38.9 Å². The van der Waals surface area contributed by atoms with E-state index in [9.17, 15) is 4.79 Å². The van der Waals surface area contributed by atoms with E-state index in [1.165, 1.54) is 6.33 Å². The Bertz CT molecular complexity index is 1860. The number of amides is 1. The van der Waals surface area contributed by atoms with Crippen molar-refractivity contribution in [3.63, 3.8) is 0 Å². The number of fused-ring (bicyclic) bond motifs is 2. The summed E-state index contributed by atoms with van der Waals surface area (Å²) < 4.78 is 9.14. The molecule has 11 heteroatoms. The molecule has 0 fully saturated rings. The molecule has 0 aliphatic heterocycles. The summed E-state index contributed by atoms with van der Waals surface area (Å²) in [5.74, 6) is 0.839. The zero-order valence-corrected chi connectivity index (χ0v) is 20.6. The Labute approximate surface area is 216 Å². The van der Waals surface area contributed by atoms with Crippen LogP contribution in [0.15, 0.2) is 73.2 Å². The number of anilines is 3. The van der Waals surface area contributed by atoms with Crippen LogP contribution in [0.4, 0.5) is 17.3 Å². The number of aryl methyl sites for hydroxylation is 1. The number of hydrogen-bond acceptors (Lipinski definition) is 8. The van der Waals surface area contributed by atoms with Crippen LogP contribution in [-0.4, -0.2) is 42.3 Å². The van der Waals surface area contributed by atoms with Crippen LogP contribution >= 0.6 is 0 Å². The number of aromatic nitrogens is 6. The van der Waals surface area contributed by atoms with Gasteiger partial charge in [-0.15, -0.1) is 0 Å². The van der Waals surface area contributed by atoms with Gasteiger partial charge in [0.05, 0.1) is 23.9 Å². The van der Waals surface area contributed by atoms with E-state index in [-0.39, 0.29) is 11.7 Å². The van der Waals surface area contributed by atoms with E-state index in [0.29, 0.717) is 50.9 Å². The second kappa shape index (κ2) is 8.89. The maximum absolute atomic E-state index is 13.2. The van der Waals surface area contributed by atoms with E-state index in [4.69, 9.17) is 21.3 Å². The molecule has 0 aliphatic rings. The first-order valence-electron chi connectivity index (χ1n) is 11.7. The summed E-state index contributed by atoms with van der Waals surface area (Å²) in [6, 6.07) is 18.5. The van der Waals surface area contributed by atoms with Crippen LogP contribution in [0.1, 0.15) is 10.5 Å². The van der Waals surface area contributed by atoms with Gasteiger partial charge in [-0.1, -0.05) is 24.3 Å². The minimum absolute atomic E-state index is 0.252. The van der Waals surface area contributed by atoms with Crippen LogP contribution in [-0.2, 0) is 7.05 Å². The third kappa shape index (κ3) is 3.73. The van der Waals surface area contributed by atoms with Crippen molar-refractivity contribution in [2.75, 3.05) is 23.9 Å². The fourth-order valence-corrected chi connectivity index (χ4v) is 4.56. The van der Waals surface area contributed by atoms with E-state index < -0.39 is 0 Å². The maximum atomic E-state index is 13.2. The highest BCUT2D eigenvalue weighted by Gasteiger charge is 2.21. The molecule has 0 bridgehead atoms. The number of nitrogens with two attached hydrogens (primary N) is 2. The molecular formula is C27H23N9O2. The van der Waals surface area contributed by atoms with Gasteiger partial charge in [-0.25, -0.2) is 19.6 Å². The molecule has 0 unspecified atom stereocenters. The highest BCUT2D eigenvalue weighted by molar-refractivity contribution is 6.07. The second-order valence-electron chi connectivity index (χ2n) is 8.67. The lowest BCUT2D eigenvalue weighted by Crippen LogP contribution is -2.16. The number of carbonyl (C=O) groups excluding carboxylic acids is 1. The number of benzene rings is 2. The predicted octanol–water partition coefficient (Wildman–Crippen LogP) is 3.79. The first-order chi connectivity index (χ1) is 18.4. The molecule has 0 atom stereocenters. The van der Waals surface area contributed by atoms with Gasteiger partial charge in [0.2, 0.25) is 0 Å².